The molecule has 92 valence electrons. The molecule has 0 heterocycles. The number of fused-ring (bicyclic) bond motifs is 2. The van der Waals surface area contributed by atoms with E-state index in [2.05, 4.69) is 12.1 Å². The van der Waals surface area contributed by atoms with Crippen molar-refractivity contribution in [3.63, 3.8) is 0 Å². The third kappa shape index (κ3) is 1.71. The number of hydrogen-bond acceptors (Lipinski definition) is 1. The zero-order valence-electron chi connectivity index (χ0n) is 10.2. The largest absolute Gasteiger partial charge is 0.327 e. The highest BCUT2D eigenvalue weighted by atomic mass is 35.5. The molecule has 1 aromatic carbocycles. The first-order valence-corrected chi connectivity index (χ1v) is 7.15. The van der Waals surface area contributed by atoms with Crippen LogP contribution in [-0.2, 0) is 11.8 Å². The van der Waals surface area contributed by atoms with E-state index in [0.717, 1.165) is 17.9 Å². The van der Waals surface area contributed by atoms with Gasteiger partial charge in [-0.3, -0.25) is 0 Å². The van der Waals surface area contributed by atoms with E-state index in [1.165, 1.54) is 43.2 Å². The maximum absolute atomic E-state index is 6.47. The van der Waals surface area contributed by atoms with E-state index in [1.807, 2.05) is 6.07 Å². The molecule has 0 aliphatic heterocycles. The third-order valence-corrected chi connectivity index (χ3v) is 5.17. The molecule has 2 N–H and O–H groups in total. The SMILES string of the molecule is NC1CCc2c(Cl)cccc2C12CCCCC2. The van der Waals surface area contributed by atoms with Crippen molar-refractivity contribution < 1.29 is 0 Å². The van der Waals surface area contributed by atoms with Crippen LogP contribution in [0.5, 0.6) is 0 Å². The third-order valence-electron chi connectivity index (χ3n) is 4.82. The second-order valence-electron chi connectivity index (χ2n) is 5.63. The van der Waals surface area contributed by atoms with Crippen molar-refractivity contribution in [2.45, 2.75) is 56.4 Å². The number of rotatable bonds is 0. The first kappa shape index (κ1) is 11.6. The summed E-state index contributed by atoms with van der Waals surface area (Å²) in [5.41, 5.74) is 9.53. The zero-order chi connectivity index (χ0) is 11.9. The molecule has 1 fully saturated rings. The molecule has 1 atom stereocenters. The Morgan fingerprint density at radius 1 is 1.18 bits per heavy atom. The second-order valence-corrected chi connectivity index (χ2v) is 6.04. The minimum Gasteiger partial charge on any atom is -0.327 e. The molecule has 0 aromatic heterocycles. The molecular formula is C15H20ClN. The fraction of sp³-hybridized carbons (Fsp3) is 0.600. The van der Waals surface area contributed by atoms with Crippen molar-refractivity contribution in [1.82, 2.24) is 0 Å². The van der Waals surface area contributed by atoms with Gasteiger partial charge in [0.05, 0.1) is 0 Å². The molecule has 1 aromatic rings. The average Bonchev–Trinajstić information content (AvgIpc) is 2.36. The Hall–Kier alpha value is -0.530. The molecule has 1 saturated carbocycles. The summed E-state index contributed by atoms with van der Waals surface area (Å²) >= 11 is 6.35. The summed E-state index contributed by atoms with van der Waals surface area (Å²) in [5, 5.41) is 0.944. The van der Waals surface area contributed by atoms with E-state index in [4.69, 9.17) is 17.3 Å². The fourth-order valence-corrected chi connectivity index (χ4v) is 4.15. The first-order chi connectivity index (χ1) is 8.24. The zero-order valence-corrected chi connectivity index (χ0v) is 11.0. The molecule has 2 aliphatic rings. The highest BCUT2D eigenvalue weighted by molar-refractivity contribution is 6.31. The van der Waals surface area contributed by atoms with Crippen LogP contribution in [0.1, 0.15) is 49.7 Å². The Labute approximate surface area is 108 Å². The molecule has 0 amide bonds. The van der Waals surface area contributed by atoms with Crippen molar-refractivity contribution in [3.8, 4) is 0 Å². The van der Waals surface area contributed by atoms with E-state index in [0.29, 0.717) is 6.04 Å². The molecule has 1 spiro atoms. The summed E-state index contributed by atoms with van der Waals surface area (Å²) in [4.78, 5) is 0. The quantitative estimate of drug-likeness (QED) is 0.743. The topological polar surface area (TPSA) is 26.0 Å². The standard InChI is InChI=1S/C15H20ClN/c16-13-6-4-5-12-11(13)7-8-14(17)15(12)9-2-1-3-10-15/h4-6,14H,1-3,7-10,17H2. The van der Waals surface area contributed by atoms with Crippen LogP contribution in [0, 0.1) is 0 Å². The minimum atomic E-state index is 0.233. The molecule has 0 saturated heterocycles. The second kappa shape index (κ2) is 4.29. The molecule has 2 heteroatoms. The lowest BCUT2D eigenvalue weighted by Crippen LogP contribution is -2.50. The van der Waals surface area contributed by atoms with Crippen molar-refractivity contribution in [2.24, 2.45) is 5.73 Å². The number of halogens is 1. The Morgan fingerprint density at radius 3 is 2.71 bits per heavy atom. The van der Waals surface area contributed by atoms with Crippen LogP contribution in [0.15, 0.2) is 18.2 Å². The lowest BCUT2D eigenvalue weighted by Gasteiger charge is -2.46. The van der Waals surface area contributed by atoms with Crippen LogP contribution < -0.4 is 5.73 Å². The van der Waals surface area contributed by atoms with Gasteiger partial charge in [0, 0.05) is 16.5 Å². The van der Waals surface area contributed by atoms with E-state index < -0.39 is 0 Å². The Bertz CT molecular complexity index is 421. The molecular weight excluding hydrogens is 230 g/mol. The monoisotopic (exact) mass is 249 g/mol. The van der Waals surface area contributed by atoms with Gasteiger partial charge in [0.2, 0.25) is 0 Å². The van der Waals surface area contributed by atoms with Crippen LogP contribution in [0.2, 0.25) is 5.02 Å². The predicted octanol–water partition coefficient (Wildman–Crippen LogP) is 3.82. The minimum absolute atomic E-state index is 0.233. The van der Waals surface area contributed by atoms with Gasteiger partial charge in [-0.1, -0.05) is 43.0 Å². The van der Waals surface area contributed by atoms with Gasteiger partial charge in [0.1, 0.15) is 0 Å². The Balaban J connectivity index is 2.12. The highest BCUT2D eigenvalue weighted by Gasteiger charge is 2.43. The summed E-state index contributed by atoms with van der Waals surface area (Å²) in [6.45, 7) is 0. The van der Waals surface area contributed by atoms with Crippen LogP contribution in [0.4, 0.5) is 0 Å². The Morgan fingerprint density at radius 2 is 1.94 bits per heavy atom. The molecule has 2 aliphatic carbocycles. The van der Waals surface area contributed by atoms with Gasteiger partial charge in [-0.25, -0.2) is 0 Å². The van der Waals surface area contributed by atoms with Gasteiger partial charge in [-0.15, -0.1) is 0 Å². The van der Waals surface area contributed by atoms with Gasteiger partial charge < -0.3 is 5.73 Å². The summed E-state index contributed by atoms with van der Waals surface area (Å²) in [6, 6.07) is 6.71. The number of benzene rings is 1. The van der Waals surface area contributed by atoms with Crippen molar-refractivity contribution in [1.29, 1.82) is 0 Å². The predicted molar refractivity (Wildman–Crippen MR) is 72.5 cm³/mol. The average molecular weight is 250 g/mol. The maximum Gasteiger partial charge on any atom is 0.0440 e. The Kier molecular flexibility index (Phi) is 2.92. The molecule has 0 bridgehead atoms. The van der Waals surface area contributed by atoms with Crippen LogP contribution in [0.25, 0.3) is 0 Å². The van der Waals surface area contributed by atoms with E-state index in [1.54, 1.807) is 0 Å². The molecule has 0 radical (unpaired) electrons. The van der Waals surface area contributed by atoms with Crippen molar-refractivity contribution >= 4 is 11.6 Å². The summed E-state index contributed by atoms with van der Waals surface area (Å²) < 4.78 is 0. The van der Waals surface area contributed by atoms with Gasteiger partial charge in [0.25, 0.3) is 0 Å². The highest BCUT2D eigenvalue weighted by Crippen LogP contribution is 2.48. The van der Waals surface area contributed by atoms with Crippen LogP contribution in [0.3, 0.4) is 0 Å². The van der Waals surface area contributed by atoms with Crippen LogP contribution in [-0.4, -0.2) is 6.04 Å². The van der Waals surface area contributed by atoms with Crippen molar-refractivity contribution in [2.75, 3.05) is 0 Å². The summed E-state index contributed by atoms with van der Waals surface area (Å²) in [5.74, 6) is 0. The lowest BCUT2D eigenvalue weighted by atomic mass is 9.60. The van der Waals surface area contributed by atoms with Gasteiger partial charge in [-0.05, 0) is 42.9 Å². The number of nitrogens with two attached hydrogens (primary N) is 1. The van der Waals surface area contributed by atoms with Gasteiger partial charge in [0.15, 0.2) is 0 Å². The summed E-state index contributed by atoms with van der Waals surface area (Å²) in [7, 11) is 0. The molecule has 3 rings (SSSR count). The lowest BCUT2D eigenvalue weighted by molar-refractivity contribution is 0.221. The summed E-state index contributed by atoms with van der Waals surface area (Å²) in [6.07, 6.45) is 8.65. The number of hydrogen-bond donors (Lipinski definition) is 1. The van der Waals surface area contributed by atoms with Crippen LogP contribution >= 0.6 is 11.6 Å². The molecule has 1 nitrogen and oxygen atoms in total. The first-order valence-electron chi connectivity index (χ1n) is 6.77. The van der Waals surface area contributed by atoms with Crippen molar-refractivity contribution in [3.05, 3.63) is 34.3 Å². The maximum atomic E-state index is 6.47. The fourth-order valence-electron chi connectivity index (χ4n) is 3.88. The normalized spacial score (nSPS) is 26.8. The van der Waals surface area contributed by atoms with Gasteiger partial charge in [-0.2, -0.15) is 0 Å². The molecule has 1 unspecified atom stereocenters. The smallest absolute Gasteiger partial charge is 0.0440 e. The van der Waals surface area contributed by atoms with E-state index in [9.17, 15) is 0 Å². The van der Waals surface area contributed by atoms with Gasteiger partial charge >= 0.3 is 0 Å². The van der Waals surface area contributed by atoms with E-state index in [-0.39, 0.29) is 5.41 Å². The van der Waals surface area contributed by atoms with E-state index >= 15 is 0 Å². The molecule has 17 heavy (non-hydrogen) atoms.